The van der Waals surface area contributed by atoms with Gasteiger partial charge in [0.15, 0.2) is 0 Å². The van der Waals surface area contributed by atoms with E-state index in [1.54, 1.807) is 6.26 Å². The molecule has 0 fully saturated rings. The zero-order valence-corrected chi connectivity index (χ0v) is 12.9. The molecule has 0 amide bonds. The molecule has 2 nitrogen and oxygen atoms in total. The summed E-state index contributed by atoms with van der Waals surface area (Å²) in [5, 5.41) is 0. The van der Waals surface area contributed by atoms with Gasteiger partial charge in [-0.1, -0.05) is 0 Å². The molecule has 1 aromatic heterocycles. The number of rotatable bonds is 7. The first-order valence-electron chi connectivity index (χ1n) is 5.98. The summed E-state index contributed by atoms with van der Waals surface area (Å²) in [7, 11) is 4.60. The number of nitrogens with zero attached hydrogens (tertiary/aromatic N) is 1. The van der Waals surface area contributed by atoms with Crippen molar-refractivity contribution in [1.29, 1.82) is 0 Å². The van der Waals surface area contributed by atoms with Gasteiger partial charge in [0.2, 0.25) is 0 Å². The summed E-state index contributed by atoms with van der Waals surface area (Å²) in [6.07, 6.45) is 6.72. The lowest BCUT2D eigenvalue weighted by Gasteiger charge is -2.28. The predicted molar refractivity (Wildman–Crippen MR) is 63.8 cm³/mol. The maximum atomic E-state index is 5.30. The van der Waals surface area contributed by atoms with Gasteiger partial charge in [0.25, 0.3) is 0 Å². The lowest BCUT2D eigenvalue weighted by molar-refractivity contribution is -0.888. The standard InChI is InChI=1S/C13H24NO.HI/c1-4-14(2,3)11-7-5-6-9-13-10-8-12-15-13;/h8,10,12H,4-7,9,11H2,1-3H3;1H/q+1;/p-1. The van der Waals surface area contributed by atoms with Crippen LogP contribution in [0.15, 0.2) is 22.8 Å². The number of halogens is 1. The first-order chi connectivity index (χ1) is 7.14. The maximum absolute atomic E-state index is 5.30. The molecule has 0 bridgehead atoms. The Hall–Kier alpha value is -0.0300. The first-order valence-corrected chi connectivity index (χ1v) is 5.98. The van der Waals surface area contributed by atoms with Gasteiger partial charge in [-0.25, -0.2) is 0 Å². The highest BCUT2D eigenvalue weighted by Gasteiger charge is 2.10. The highest BCUT2D eigenvalue weighted by atomic mass is 127. The van der Waals surface area contributed by atoms with Crippen LogP contribution in [0.3, 0.4) is 0 Å². The third-order valence-electron chi connectivity index (χ3n) is 3.12. The molecule has 1 aromatic rings. The average Bonchev–Trinajstić information content (AvgIpc) is 2.70. The fourth-order valence-electron chi connectivity index (χ4n) is 1.63. The minimum absolute atomic E-state index is 0. The second kappa shape index (κ2) is 8.12. The smallest absolute Gasteiger partial charge is 0.103 e. The third-order valence-corrected chi connectivity index (χ3v) is 3.12. The molecule has 0 N–H and O–H groups in total. The van der Waals surface area contributed by atoms with Gasteiger partial charge in [-0.2, -0.15) is 0 Å². The van der Waals surface area contributed by atoms with E-state index in [4.69, 9.17) is 4.42 Å². The van der Waals surface area contributed by atoms with Gasteiger partial charge in [-0.05, 0) is 38.3 Å². The topological polar surface area (TPSA) is 13.1 Å². The Bertz CT molecular complexity index is 257. The van der Waals surface area contributed by atoms with Crippen LogP contribution in [-0.4, -0.2) is 31.7 Å². The van der Waals surface area contributed by atoms with Crippen molar-refractivity contribution in [3.05, 3.63) is 24.2 Å². The Kier molecular flexibility index (Phi) is 8.10. The van der Waals surface area contributed by atoms with Crippen LogP contribution in [0.2, 0.25) is 0 Å². The van der Waals surface area contributed by atoms with E-state index in [2.05, 4.69) is 27.1 Å². The molecular formula is C13H24INO. The molecule has 1 rings (SSSR count). The van der Waals surface area contributed by atoms with Crippen molar-refractivity contribution in [3.63, 3.8) is 0 Å². The molecule has 0 saturated heterocycles. The lowest BCUT2D eigenvalue weighted by atomic mass is 10.1. The summed E-state index contributed by atoms with van der Waals surface area (Å²) in [6.45, 7) is 4.76. The van der Waals surface area contributed by atoms with Crippen LogP contribution in [0.1, 0.15) is 31.9 Å². The number of furan rings is 1. The number of quaternary nitrogens is 1. The van der Waals surface area contributed by atoms with Crippen molar-refractivity contribution in [2.75, 3.05) is 27.2 Å². The molecule has 0 aliphatic heterocycles. The minimum atomic E-state index is 0. The molecule has 94 valence electrons. The Morgan fingerprint density at radius 3 is 2.50 bits per heavy atom. The van der Waals surface area contributed by atoms with Crippen LogP contribution in [0.4, 0.5) is 0 Å². The largest absolute Gasteiger partial charge is 1.00 e. The maximum Gasteiger partial charge on any atom is 0.103 e. The van der Waals surface area contributed by atoms with E-state index >= 15 is 0 Å². The second-order valence-corrected chi connectivity index (χ2v) is 4.87. The second-order valence-electron chi connectivity index (χ2n) is 4.87. The number of aryl methyl sites for hydroxylation is 1. The number of unbranched alkanes of at least 4 members (excludes halogenated alkanes) is 2. The van der Waals surface area contributed by atoms with Gasteiger partial charge in [0.05, 0.1) is 33.4 Å². The monoisotopic (exact) mass is 337 g/mol. The molecule has 0 aliphatic rings. The highest BCUT2D eigenvalue weighted by molar-refractivity contribution is 4.97. The van der Waals surface area contributed by atoms with Crippen LogP contribution in [0, 0.1) is 0 Å². The normalized spacial score (nSPS) is 11.2. The third kappa shape index (κ3) is 6.53. The molecule has 3 heteroatoms. The summed E-state index contributed by atoms with van der Waals surface area (Å²) >= 11 is 0. The molecular weight excluding hydrogens is 313 g/mol. The number of hydrogen-bond donors (Lipinski definition) is 0. The van der Waals surface area contributed by atoms with Gasteiger partial charge in [0, 0.05) is 6.42 Å². The van der Waals surface area contributed by atoms with E-state index in [1.807, 2.05) is 6.07 Å². The molecule has 0 aliphatic carbocycles. The van der Waals surface area contributed by atoms with Gasteiger partial charge in [-0.3, -0.25) is 0 Å². The van der Waals surface area contributed by atoms with Crippen molar-refractivity contribution in [3.8, 4) is 0 Å². The SMILES string of the molecule is CC[N+](C)(C)CCCCCc1ccco1.[I-]. The van der Waals surface area contributed by atoms with Crippen LogP contribution in [0.25, 0.3) is 0 Å². The fourth-order valence-corrected chi connectivity index (χ4v) is 1.63. The highest BCUT2D eigenvalue weighted by Crippen LogP contribution is 2.08. The van der Waals surface area contributed by atoms with E-state index in [-0.39, 0.29) is 24.0 Å². The van der Waals surface area contributed by atoms with E-state index in [1.165, 1.54) is 32.4 Å². The van der Waals surface area contributed by atoms with Crippen LogP contribution in [-0.2, 0) is 6.42 Å². The van der Waals surface area contributed by atoms with Crippen molar-refractivity contribution < 1.29 is 32.9 Å². The van der Waals surface area contributed by atoms with Crippen LogP contribution in [0.5, 0.6) is 0 Å². The zero-order chi connectivity index (χ0) is 11.1. The Morgan fingerprint density at radius 1 is 1.19 bits per heavy atom. The first kappa shape index (κ1) is 16.0. The van der Waals surface area contributed by atoms with Crippen molar-refractivity contribution in [2.45, 2.75) is 32.6 Å². The summed E-state index contributed by atoms with van der Waals surface area (Å²) in [5.74, 6) is 1.12. The molecule has 0 atom stereocenters. The fraction of sp³-hybridized carbons (Fsp3) is 0.692. The van der Waals surface area contributed by atoms with Crippen molar-refractivity contribution >= 4 is 0 Å². The molecule has 16 heavy (non-hydrogen) atoms. The molecule has 0 aromatic carbocycles. The molecule has 1 heterocycles. The van der Waals surface area contributed by atoms with Crippen LogP contribution >= 0.6 is 0 Å². The summed E-state index contributed by atoms with van der Waals surface area (Å²) in [6, 6.07) is 4.03. The van der Waals surface area contributed by atoms with E-state index < -0.39 is 0 Å². The van der Waals surface area contributed by atoms with Gasteiger partial charge in [0.1, 0.15) is 5.76 Å². The minimum Gasteiger partial charge on any atom is -1.00 e. The van der Waals surface area contributed by atoms with Gasteiger partial charge >= 0.3 is 0 Å². The van der Waals surface area contributed by atoms with Gasteiger partial charge < -0.3 is 32.9 Å². The molecule has 0 radical (unpaired) electrons. The summed E-state index contributed by atoms with van der Waals surface area (Å²) < 4.78 is 6.44. The van der Waals surface area contributed by atoms with E-state index in [9.17, 15) is 0 Å². The average molecular weight is 337 g/mol. The number of hydrogen-bond acceptors (Lipinski definition) is 1. The van der Waals surface area contributed by atoms with Crippen molar-refractivity contribution in [1.82, 2.24) is 0 Å². The van der Waals surface area contributed by atoms with E-state index in [0.29, 0.717) is 0 Å². The molecule has 0 spiro atoms. The van der Waals surface area contributed by atoms with Crippen LogP contribution < -0.4 is 24.0 Å². The Balaban J connectivity index is 0.00000225. The van der Waals surface area contributed by atoms with Gasteiger partial charge in [-0.15, -0.1) is 0 Å². The summed E-state index contributed by atoms with van der Waals surface area (Å²) in [5.41, 5.74) is 0. The molecule has 0 saturated carbocycles. The van der Waals surface area contributed by atoms with Crippen molar-refractivity contribution in [2.24, 2.45) is 0 Å². The Labute approximate surface area is 117 Å². The lowest BCUT2D eigenvalue weighted by Crippen LogP contribution is -3.00. The van der Waals surface area contributed by atoms with E-state index in [0.717, 1.165) is 16.7 Å². The Morgan fingerprint density at radius 2 is 1.94 bits per heavy atom. The summed E-state index contributed by atoms with van der Waals surface area (Å²) in [4.78, 5) is 0. The molecule has 0 unspecified atom stereocenters. The zero-order valence-electron chi connectivity index (χ0n) is 10.7. The quantitative estimate of drug-likeness (QED) is 0.391. The predicted octanol–water partition coefficient (Wildman–Crippen LogP) is 0.0927.